The summed E-state index contributed by atoms with van der Waals surface area (Å²) in [5.41, 5.74) is -0.643. The summed E-state index contributed by atoms with van der Waals surface area (Å²) in [6, 6.07) is 4.30. The number of benzene rings is 1. The fourth-order valence-corrected chi connectivity index (χ4v) is 8.94. The number of carbonyl (C=O) groups excluding carboxylic acids is 2. The van der Waals surface area contributed by atoms with Crippen molar-refractivity contribution in [3.8, 4) is 0 Å². The SMILES string of the molecule is CC(C)[C@@H]1CC[C@@H](C)CC(=O)N2C[C@H]3C[C@H](CN(S(=O)(=O)c4ccc5c(c4)c(=O)n(C)c(=O)n5C)C3)[C@@H]2CCCC(=O)N1. The number of hydrogen-bond donors (Lipinski definition) is 1. The van der Waals surface area contributed by atoms with E-state index in [0.29, 0.717) is 50.2 Å². The lowest BCUT2D eigenvalue weighted by Crippen LogP contribution is -2.60. The van der Waals surface area contributed by atoms with Gasteiger partial charge in [-0.1, -0.05) is 20.8 Å². The van der Waals surface area contributed by atoms with Crippen LogP contribution in [-0.4, -0.2) is 70.3 Å². The third-order valence-electron chi connectivity index (χ3n) is 9.88. The molecule has 1 aromatic heterocycles. The molecule has 1 N–H and O–H groups in total. The minimum absolute atomic E-state index is 0.00230. The predicted molar refractivity (Wildman–Crippen MR) is 164 cm³/mol. The standard InChI is InChI=1S/C31H45N5O6S/c1-19(2)25-11-9-20(3)13-29(38)36-17-21-14-22(26(36)7-6-8-28(37)32-25)18-35(16-21)43(41,42)23-10-12-27-24(15-23)30(39)34(5)31(40)33(27)4/h10,12,15,19-22,25-26H,6-9,11,13-14,16-18H2,1-5H3,(H,32,37)/t20-,21+,22-,25+,26+/m1/s1. The average molecular weight is 616 g/mol. The number of carbonyl (C=O) groups is 2. The summed E-state index contributed by atoms with van der Waals surface area (Å²) < 4.78 is 31.7. The Morgan fingerprint density at radius 1 is 0.953 bits per heavy atom. The third kappa shape index (κ3) is 6.18. The Labute approximate surface area is 253 Å². The Balaban J connectivity index is 1.41. The normalized spacial score (nSPS) is 28.1. The molecule has 0 spiro atoms. The zero-order valence-corrected chi connectivity index (χ0v) is 26.7. The molecule has 3 saturated heterocycles. The Bertz CT molecular complexity index is 1630. The van der Waals surface area contributed by atoms with Crippen LogP contribution < -0.4 is 16.6 Å². The van der Waals surface area contributed by atoms with Gasteiger partial charge < -0.3 is 10.2 Å². The van der Waals surface area contributed by atoms with Crippen LogP contribution in [0.2, 0.25) is 0 Å². The van der Waals surface area contributed by atoms with Crippen LogP contribution >= 0.6 is 0 Å². The van der Waals surface area contributed by atoms with Crippen LogP contribution in [-0.2, 0) is 33.7 Å². The second kappa shape index (κ2) is 12.2. The summed E-state index contributed by atoms with van der Waals surface area (Å²) in [7, 11) is -1.02. The number of hydrogen-bond acceptors (Lipinski definition) is 6. The number of piperidine rings is 2. The van der Waals surface area contributed by atoms with Gasteiger partial charge in [0.05, 0.1) is 15.8 Å². The molecule has 3 aliphatic rings. The lowest BCUT2D eigenvalue weighted by Gasteiger charge is -2.50. The maximum atomic E-state index is 14.0. The molecule has 3 aliphatic heterocycles. The number of rotatable bonds is 3. The first-order valence-corrected chi connectivity index (χ1v) is 17.0. The fraction of sp³-hybridized carbons (Fsp3) is 0.677. The number of fused-ring (bicyclic) bond motifs is 5. The minimum atomic E-state index is -3.95. The van der Waals surface area contributed by atoms with Gasteiger partial charge >= 0.3 is 5.69 Å². The lowest BCUT2D eigenvalue weighted by molar-refractivity contribution is -0.141. The number of aromatic nitrogens is 2. The molecule has 11 nitrogen and oxygen atoms in total. The molecule has 2 bridgehead atoms. The predicted octanol–water partition coefficient (Wildman–Crippen LogP) is 2.21. The number of sulfonamides is 1. The van der Waals surface area contributed by atoms with E-state index in [0.717, 1.165) is 23.8 Å². The van der Waals surface area contributed by atoms with E-state index in [-0.39, 0.29) is 58.5 Å². The van der Waals surface area contributed by atoms with E-state index in [1.807, 2.05) is 4.90 Å². The molecule has 2 amide bonds. The van der Waals surface area contributed by atoms with Gasteiger partial charge in [-0.2, -0.15) is 4.31 Å². The van der Waals surface area contributed by atoms with Crippen molar-refractivity contribution in [2.45, 2.75) is 82.7 Å². The van der Waals surface area contributed by atoms with E-state index in [4.69, 9.17) is 0 Å². The lowest BCUT2D eigenvalue weighted by atomic mass is 9.78. The van der Waals surface area contributed by atoms with Crippen LogP contribution in [0.15, 0.2) is 32.7 Å². The molecule has 12 heteroatoms. The molecule has 236 valence electrons. The number of amides is 2. The van der Waals surface area contributed by atoms with Gasteiger partial charge in [-0.25, -0.2) is 13.2 Å². The Kier molecular flexibility index (Phi) is 8.91. The van der Waals surface area contributed by atoms with Crippen molar-refractivity contribution in [2.75, 3.05) is 19.6 Å². The van der Waals surface area contributed by atoms with Gasteiger partial charge in [0.25, 0.3) is 5.56 Å². The Morgan fingerprint density at radius 2 is 1.70 bits per heavy atom. The smallest absolute Gasteiger partial charge is 0.330 e. The van der Waals surface area contributed by atoms with Crippen molar-refractivity contribution in [3.63, 3.8) is 0 Å². The Hall–Kier alpha value is -2.99. The van der Waals surface area contributed by atoms with Crippen LogP contribution in [0.4, 0.5) is 0 Å². The van der Waals surface area contributed by atoms with Gasteiger partial charge in [0, 0.05) is 58.7 Å². The van der Waals surface area contributed by atoms with Crippen molar-refractivity contribution in [1.82, 2.24) is 23.7 Å². The molecule has 3 fully saturated rings. The van der Waals surface area contributed by atoms with Crippen LogP contribution in [0.25, 0.3) is 10.9 Å². The van der Waals surface area contributed by atoms with E-state index in [9.17, 15) is 27.6 Å². The summed E-state index contributed by atoms with van der Waals surface area (Å²) in [6.07, 6.45) is 4.63. The molecule has 0 aliphatic carbocycles. The van der Waals surface area contributed by atoms with Gasteiger partial charge in [0.2, 0.25) is 21.8 Å². The van der Waals surface area contributed by atoms with Crippen LogP contribution in [0, 0.1) is 23.7 Å². The maximum Gasteiger partial charge on any atom is 0.330 e. The van der Waals surface area contributed by atoms with Gasteiger partial charge in [0.1, 0.15) is 0 Å². The minimum Gasteiger partial charge on any atom is -0.353 e. The molecule has 0 unspecified atom stereocenters. The van der Waals surface area contributed by atoms with Gasteiger partial charge in [-0.05, 0) is 74.0 Å². The molecule has 5 atom stereocenters. The van der Waals surface area contributed by atoms with E-state index >= 15 is 0 Å². The highest BCUT2D eigenvalue weighted by atomic mass is 32.2. The molecule has 43 heavy (non-hydrogen) atoms. The van der Waals surface area contributed by atoms with Crippen molar-refractivity contribution in [3.05, 3.63) is 39.0 Å². The number of nitrogens with one attached hydrogen (secondary N) is 1. The highest BCUT2D eigenvalue weighted by Gasteiger charge is 2.45. The summed E-state index contributed by atoms with van der Waals surface area (Å²) in [4.78, 5) is 53.7. The highest BCUT2D eigenvalue weighted by Crippen LogP contribution is 2.38. The molecular weight excluding hydrogens is 570 g/mol. The molecule has 0 radical (unpaired) electrons. The van der Waals surface area contributed by atoms with E-state index in [2.05, 4.69) is 26.1 Å². The monoisotopic (exact) mass is 615 g/mol. The second-order valence-electron chi connectivity index (χ2n) is 13.4. The molecule has 2 aromatic rings. The van der Waals surface area contributed by atoms with Crippen LogP contribution in [0.5, 0.6) is 0 Å². The highest BCUT2D eigenvalue weighted by molar-refractivity contribution is 7.89. The first kappa shape index (κ1) is 31.4. The zero-order valence-electron chi connectivity index (χ0n) is 25.9. The molecule has 1 aromatic carbocycles. The fourth-order valence-electron chi connectivity index (χ4n) is 7.34. The first-order valence-electron chi connectivity index (χ1n) is 15.6. The zero-order chi connectivity index (χ0) is 31.2. The van der Waals surface area contributed by atoms with E-state index in [1.54, 1.807) is 7.05 Å². The van der Waals surface area contributed by atoms with Gasteiger partial charge in [0.15, 0.2) is 0 Å². The molecular formula is C31H45N5O6S. The van der Waals surface area contributed by atoms with E-state index < -0.39 is 21.3 Å². The summed E-state index contributed by atoms with van der Waals surface area (Å²) in [6.45, 7) is 7.39. The van der Waals surface area contributed by atoms with Gasteiger partial charge in [-0.3, -0.25) is 23.5 Å². The largest absolute Gasteiger partial charge is 0.353 e. The molecule has 4 heterocycles. The maximum absolute atomic E-state index is 14.0. The topological polar surface area (TPSA) is 131 Å². The van der Waals surface area contributed by atoms with E-state index in [1.165, 1.54) is 34.1 Å². The van der Waals surface area contributed by atoms with Gasteiger partial charge in [-0.15, -0.1) is 0 Å². The van der Waals surface area contributed by atoms with Crippen molar-refractivity contribution in [1.29, 1.82) is 0 Å². The summed E-state index contributed by atoms with van der Waals surface area (Å²) in [5, 5.41) is 3.37. The second-order valence-corrected chi connectivity index (χ2v) is 15.3. The molecule has 0 saturated carbocycles. The average Bonchev–Trinajstić information content (AvgIpc) is 2.97. The summed E-state index contributed by atoms with van der Waals surface area (Å²) in [5.74, 6) is 0.609. The van der Waals surface area contributed by atoms with Crippen molar-refractivity contribution in [2.24, 2.45) is 37.8 Å². The number of nitrogens with zero attached hydrogens (tertiary/aromatic N) is 4. The molecule has 5 rings (SSSR count). The van der Waals surface area contributed by atoms with Crippen molar-refractivity contribution < 1.29 is 18.0 Å². The first-order chi connectivity index (χ1) is 20.3. The van der Waals surface area contributed by atoms with Crippen molar-refractivity contribution >= 4 is 32.7 Å². The Morgan fingerprint density at radius 3 is 2.42 bits per heavy atom. The third-order valence-corrected chi connectivity index (χ3v) is 11.7. The summed E-state index contributed by atoms with van der Waals surface area (Å²) >= 11 is 0. The van der Waals surface area contributed by atoms with Crippen LogP contribution in [0.3, 0.4) is 0 Å². The number of aryl methyl sites for hydroxylation is 1. The quantitative estimate of drug-likeness (QED) is 0.564. The van der Waals surface area contributed by atoms with Crippen LogP contribution in [0.1, 0.15) is 65.7 Å².